The molecule has 0 aromatic heterocycles. The van der Waals surface area contributed by atoms with Gasteiger partial charge in [0.05, 0.1) is 0 Å². The van der Waals surface area contributed by atoms with Gasteiger partial charge in [-0.1, -0.05) is 24.3 Å². The molecule has 104 valence electrons. The van der Waals surface area contributed by atoms with Crippen molar-refractivity contribution in [3.05, 3.63) is 64.7 Å². The van der Waals surface area contributed by atoms with Crippen LogP contribution in [0.2, 0.25) is 0 Å². The van der Waals surface area contributed by atoms with Crippen molar-refractivity contribution in [2.75, 3.05) is 12.4 Å². The van der Waals surface area contributed by atoms with Crippen molar-refractivity contribution in [2.24, 2.45) is 0 Å². The van der Waals surface area contributed by atoms with Crippen LogP contribution in [0.5, 0.6) is 0 Å². The third kappa shape index (κ3) is 3.25. The maximum Gasteiger partial charge on any atom is 0.255 e. The topological polar surface area (TPSA) is 41.1 Å². The summed E-state index contributed by atoms with van der Waals surface area (Å²) in [7, 11) is 1.90. The number of anilines is 1. The first kappa shape index (κ1) is 14.3. The molecule has 2 aromatic rings. The second-order valence-electron chi connectivity index (χ2n) is 4.93. The van der Waals surface area contributed by atoms with Gasteiger partial charge >= 0.3 is 0 Å². The van der Waals surface area contributed by atoms with Gasteiger partial charge in [-0.05, 0) is 55.8 Å². The molecule has 2 aromatic carbocycles. The second kappa shape index (κ2) is 6.35. The number of hydrogen-bond donors (Lipinski definition) is 2. The predicted molar refractivity (Wildman–Crippen MR) is 83.1 cm³/mol. The van der Waals surface area contributed by atoms with Crippen molar-refractivity contribution in [2.45, 2.75) is 20.4 Å². The largest absolute Gasteiger partial charge is 0.322 e. The fourth-order valence-corrected chi connectivity index (χ4v) is 2.16. The summed E-state index contributed by atoms with van der Waals surface area (Å²) in [6.07, 6.45) is 0. The highest BCUT2D eigenvalue weighted by molar-refractivity contribution is 6.05. The fourth-order valence-electron chi connectivity index (χ4n) is 2.16. The van der Waals surface area contributed by atoms with Crippen molar-refractivity contribution in [1.82, 2.24) is 5.32 Å². The van der Waals surface area contributed by atoms with Crippen LogP contribution in [-0.2, 0) is 6.54 Å². The lowest BCUT2D eigenvalue weighted by atomic mass is 10.0. The molecule has 0 heterocycles. The number of amides is 1. The molecule has 0 fully saturated rings. The summed E-state index contributed by atoms with van der Waals surface area (Å²) in [6.45, 7) is 4.77. The number of aryl methyl sites for hydroxylation is 1. The highest BCUT2D eigenvalue weighted by Crippen LogP contribution is 2.16. The first-order valence-electron chi connectivity index (χ1n) is 6.73. The van der Waals surface area contributed by atoms with Crippen LogP contribution in [0.15, 0.2) is 42.5 Å². The van der Waals surface area contributed by atoms with Gasteiger partial charge in [-0.15, -0.1) is 0 Å². The van der Waals surface area contributed by atoms with Crippen molar-refractivity contribution in [3.8, 4) is 0 Å². The summed E-state index contributed by atoms with van der Waals surface area (Å²) in [6, 6.07) is 13.7. The van der Waals surface area contributed by atoms with Gasteiger partial charge < -0.3 is 10.6 Å². The van der Waals surface area contributed by atoms with Crippen LogP contribution in [0.1, 0.15) is 27.0 Å². The molecule has 0 aliphatic rings. The zero-order valence-electron chi connectivity index (χ0n) is 12.2. The molecular weight excluding hydrogens is 248 g/mol. The molecule has 0 aliphatic heterocycles. The van der Waals surface area contributed by atoms with Gasteiger partial charge in [0.15, 0.2) is 0 Å². The lowest BCUT2D eigenvalue weighted by Crippen LogP contribution is -2.14. The molecule has 20 heavy (non-hydrogen) atoms. The van der Waals surface area contributed by atoms with E-state index >= 15 is 0 Å². The Morgan fingerprint density at radius 2 is 1.85 bits per heavy atom. The molecule has 0 radical (unpaired) electrons. The van der Waals surface area contributed by atoms with Gasteiger partial charge in [-0.2, -0.15) is 0 Å². The van der Waals surface area contributed by atoms with Gasteiger partial charge in [-0.25, -0.2) is 0 Å². The highest BCUT2D eigenvalue weighted by atomic mass is 16.1. The van der Waals surface area contributed by atoms with Crippen LogP contribution in [0.4, 0.5) is 5.69 Å². The molecule has 0 saturated heterocycles. The summed E-state index contributed by atoms with van der Waals surface area (Å²) in [5.74, 6) is -0.0622. The summed E-state index contributed by atoms with van der Waals surface area (Å²) >= 11 is 0. The number of rotatable bonds is 4. The quantitative estimate of drug-likeness (QED) is 0.893. The van der Waals surface area contributed by atoms with Crippen LogP contribution in [0.3, 0.4) is 0 Å². The van der Waals surface area contributed by atoms with E-state index in [-0.39, 0.29) is 5.91 Å². The van der Waals surface area contributed by atoms with Crippen LogP contribution >= 0.6 is 0 Å². The summed E-state index contributed by atoms with van der Waals surface area (Å²) < 4.78 is 0. The lowest BCUT2D eigenvalue weighted by molar-refractivity contribution is 0.102. The normalized spacial score (nSPS) is 10.3. The molecule has 0 spiro atoms. The minimum absolute atomic E-state index is 0.0622. The molecule has 0 saturated carbocycles. The number of benzene rings is 2. The molecule has 3 heteroatoms. The van der Waals surface area contributed by atoms with E-state index in [1.54, 1.807) is 0 Å². The Morgan fingerprint density at radius 1 is 1.10 bits per heavy atom. The Kier molecular flexibility index (Phi) is 4.53. The Hall–Kier alpha value is -2.13. The van der Waals surface area contributed by atoms with Gasteiger partial charge in [0, 0.05) is 17.8 Å². The Morgan fingerprint density at radius 3 is 2.60 bits per heavy atom. The highest BCUT2D eigenvalue weighted by Gasteiger charge is 2.10. The fraction of sp³-hybridized carbons (Fsp3) is 0.235. The molecule has 2 N–H and O–H groups in total. The van der Waals surface area contributed by atoms with Crippen molar-refractivity contribution in [3.63, 3.8) is 0 Å². The van der Waals surface area contributed by atoms with Crippen molar-refractivity contribution >= 4 is 11.6 Å². The van der Waals surface area contributed by atoms with Crippen molar-refractivity contribution in [1.29, 1.82) is 0 Å². The lowest BCUT2D eigenvalue weighted by Gasteiger charge is -2.10. The van der Waals surface area contributed by atoms with Crippen LogP contribution in [-0.4, -0.2) is 13.0 Å². The molecule has 2 rings (SSSR count). The number of carbonyl (C=O) groups is 1. The zero-order chi connectivity index (χ0) is 14.5. The van der Waals surface area contributed by atoms with Crippen LogP contribution in [0.25, 0.3) is 0 Å². The first-order chi connectivity index (χ1) is 9.61. The Bertz CT molecular complexity index is 620. The van der Waals surface area contributed by atoms with E-state index < -0.39 is 0 Å². The summed E-state index contributed by atoms with van der Waals surface area (Å²) in [5, 5.41) is 6.06. The van der Waals surface area contributed by atoms with Crippen molar-refractivity contribution < 1.29 is 4.79 Å². The van der Waals surface area contributed by atoms with E-state index in [1.807, 2.05) is 63.4 Å². The number of hydrogen-bond acceptors (Lipinski definition) is 2. The van der Waals surface area contributed by atoms with E-state index in [1.165, 1.54) is 0 Å². The molecule has 1 amide bonds. The molecule has 0 bridgehead atoms. The zero-order valence-corrected chi connectivity index (χ0v) is 12.2. The maximum atomic E-state index is 12.3. The smallest absolute Gasteiger partial charge is 0.255 e. The van der Waals surface area contributed by atoms with E-state index in [0.717, 1.165) is 34.5 Å². The second-order valence-corrected chi connectivity index (χ2v) is 4.93. The van der Waals surface area contributed by atoms with Crippen LogP contribution in [0, 0.1) is 13.8 Å². The van der Waals surface area contributed by atoms with E-state index in [9.17, 15) is 4.79 Å². The minimum atomic E-state index is -0.0622. The molecule has 0 aliphatic carbocycles. The Balaban J connectivity index is 2.19. The summed E-state index contributed by atoms with van der Waals surface area (Å²) in [5.41, 5.74) is 4.84. The average molecular weight is 268 g/mol. The Labute approximate surface area is 120 Å². The molecular formula is C17H20N2O. The van der Waals surface area contributed by atoms with Gasteiger partial charge in [0.2, 0.25) is 0 Å². The average Bonchev–Trinajstić information content (AvgIpc) is 2.42. The van der Waals surface area contributed by atoms with Gasteiger partial charge in [0.1, 0.15) is 0 Å². The third-order valence-corrected chi connectivity index (χ3v) is 3.42. The van der Waals surface area contributed by atoms with Gasteiger partial charge in [-0.3, -0.25) is 4.79 Å². The SMILES string of the molecule is CNCc1cccc(NC(=O)c2cccc(C)c2C)c1. The third-order valence-electron chi connectivity index (χ3n) is 3.42. The molecule has 0 unspecified atom stereocenters. The van der Waals surface area contributed by atoms with Crippen LogP contribution < -0.4 is 10.6 Å². The minimum Gasteiger partial charge on any atom is -0.322 e. The van der Waals surface area contributed by atoms with E-state index in [0.29, 0.717) is 0 Å². The van der Waals surface area contributed by atoms with Gasteiger partial charge in [0.25, 0.3) is 5.91 Å². The number of nitrogens with one attached hydrogen (secondary N) is 2. The molecule has 0 atom stereocenters. The number of carbonyl (C=O) groups excluding carboxylic acids is 1. The molecule has 3 nitrogen and oxygen atoms in total. The maximum absolute atomic E-state index is 12.3. The predicted octanol–water partition coefficient (Wildman–Crippen LogP) is 3.28. The van der Waals surface area contributed by atoms with E-state index in [4.69, 9.17) is 0 Å². The summed E-state index contributed by atoms with van der Waals surface area (Å²) in [4.78, 5) is 12.3. The first-order valence-corrected chi connectivity index (χ1v) is 6.73. The monoisotopic (exact) mass is 268 g/mol. The standard InChI is InChI=1S/C17H20N2O/c1-12-6-4-9-16(13(12)2)17(20)19-15-8-5-7-14(10-15)11-18-3/h4-10,18H,11H2,1-3H3,(H,19,20). The van der Waals surface area contributed by atoms with E-state index in [2.05, 4.69) is 10.6 Å².